The lowest BCUT2D eigenvalue weighted by atomic mass is 10.00. The Morgan fingerprint density at radius 3 is 2.30 bits per heavy atom. The zero-order valence-electron chi connectivity index (χ0n) is 10.6. The van der Waals surface area contributed by atoms with Crippen molar-refractivity contribution in [1.29, 1.82) is 0 Å². The monoisotopic (exact) mass is 285 g/mol. The molecule has 2 rings (SSSR count). The third-order valence-electron chi connectivity index (χ3n) is 3.11. The van der Waals surface area contributed by atoms with E-state index in [1.165, 1.54) is 31.2 Å². The van der Waals surface area contributed by atoms with Crippen LogP contribution in [-0.2, 0) is 4.74 Å². The molecule has 1 aromatic rings. The van der Waals surface area contributed by atoms with Crippen molar-refractivity contribution in [1.82, 2.24) is 0 Å². The van der Waals surface area contributed by atoms with E-state index in [1.807, 2.05) is 0 Å². The molecule has 0 saturated carbocycles. The normalized spacial score (nSPS) is 33.7. The van der Waals surface area contributed by atoms with E-state index >= 15 is 0 Å². The van der Waals surface area contributed by atoms with Gasteiger partial charge in [0, 0.05) is 12.1 Å². The standard InChI is InChI=1S/C12H15NO7/c1-6-9(14)10(15)11(16)12(19-6)20-8-4-2-7(3-5-8)13(17)18/h2-6,9-12,14-16H,1H3/t6-,9+,10-,11+,12+/m0/s1. The Labute approximate surface area is 114 Å². The van der Waals surface area contributed by atoms with Crippen LogP contribution in [0.25, 0.3) is 0 Å². The van der Waals surface area contributed by atoms with Gasteiger partial charge < -0.3 is 24.8 Å². The van der Waals surface area contributed by atoms with Gasteiger partial charge in [-0.1, -0.05) is 0 Å². The molecule has 1 aliphatic rings. The van der Waals surface area contributed by atoms with Crippen LogP contribution < -0.4 is 4.74 Å². The number of rotatable bonds is 3. The number of nitro groups is 1. The maximum atomic E-state index is 10.5. The summed E-state index contributed by atoms with van der Waals surface area (Å²) in [7, 11) is 0. The second-order valence-corrected chi connectivity index (χ2v) is 4.55. The molecule has 0 radical (unpaired) electrons. The Morgan fingerprint density at radius 1 is 1.15 bits per heavy atom. The first-order valence-electron chi connectivity index (χ1n) is 6.01. The summed E-state index contributed by atoms with van der Waals surface area (Å²) in [6, 6.07) is 5.21. The molecule has 0 spiro atoms. The second kappa shape index (κ2) is 5.71. The predicted octanol–water partition coefficient (Wildman–Crippen LogP) is -0.199. The van der Waals surface area contributed by atoms with Gasteiger partial charge in [-0.2, -0.15) is 0 Å². The van der Waals surface area contributed by atoms with Crippen molar-refractivity contribution in [3.63, 3.8) is 0 Å². The fraction of sp³-hybridized carbons (Fsp3) is 0.500. The molecule has 8 nitrogen and oxygen atoms in total. The van der Waals surface area contributed by atoms with Gasteiger partial charge in [0.1, 0.15) is 24.1 Å². The molecule has 1 saturated heterocycles. The summed E-state index contributed by atoms with van der Waals surface area (Å²) in [5.41, 5.74) is -0.0914. The van der Waals surface area contributed by atoms with Gasteiger partial charge >= 0.3 is 0 Å². The van der Waals surface area contributed by atoms with Crippen LogP contribution in [0.4, 0.5) is 5.69 Å². The Morgan fingerprint density at radius 2 is 1.75 bits per heavy atom. The average molecular weight is 285 g/mol. The van der Waals surface area contributed by atoms with Crippen LogP contribution in [-0.4, -0.2) is 50.9 Å². The first-order valence-corrected chi connectivity index (χ1v) is 6.01. The van der Waals surface area contributed by atoms with Gasteiger partial charge in [-0.25, -0.2) is 0 Å². The number of nitrogens with zero attached hydrogens (tertiary/aromatic N) is 1. The zero-order valence-corrected chi connectivity index (χ0v) is 10.6. The van der Waals surface area contributed by atoms with Crippen molar-refractivity contribution in [2.45, 2.75) is 37.6 Å². The van der Waals surface area contributed by atoms with E-state index in [2.05, 4.69) is 0 Å². The molecule has 3 N–H and O–H groups in total. The summed E-state index contributed by atoms with van der Waals surface area (Å²) < 4.78 is 10.6. The molecule has 1 fully saturated rings. The number of hydrogen-bond donors (Lipinski definition) is 3. The lowest BCUT2D eigenvalue weighted by Gasteiger charge is -2.38. The third kappa shape index (κ3) is 2.88. The number of aliphatic hydroxyl groups excluding tert-OH is 3. The molecule has 0 amide bonds. The molecule has 20 heavy (non-hydrogen) atoms. The van der Waals surface area contributed by atoms with Gasteiger partial charge in [0.2, 0.25) is 6.29 Å². The minimum atomic E-state index is -1.42. The number of aliphatic hydroxyl groups is 3. The van der Waals surface area contributed by atoms with Crippen LogP contribution in [0.1, 0.15) is 6.92 Å². The lowest BCUT2D eigenvalue weighted by Crippen LogP contribution is -2.58. The highest BCUT2D eigenvalue weighted by molar-refractivity contribution is 5.36. The van der Waals surface area contributed by atoms with E-state index in [1.54, 1.807) is 0 Å². The highest BCUT2D eigenvalue weighted by Crippen LogP contribution is 2.25. The lowest BCUT2D eigenvalue weighted by molar-refractivity contribution is -0.384. The largest absolute Gasteiger partial charge is 0.462 e. The SMILES string of the molecule is C[C@@H]1O[C@H](Oc2ccc([N+](=O)[O-])cc2)[C@H](O)[C@@H](O)[C@@H]1O. The van der Waals surface area contributed by atoms with Crippen molar-refractivity contribution >= 4 is 5.69 Å². The van der Waals surface area contributed by atoms with Gasteiger partial charge in [-0.05, 0) is 19.1 Å². The molecule has 0 bridgehead atoms. The average Bonchev–Trinajstić information content (AvgIpc) is 2.43. The first kappa shape index (κ1) is 14.7. The van der Waals surface area contributed by atoms with Crippen LogP contribution in [0.3, 0.4) is 0 Å². The topological polar surface area (TPSA) is 122 Å². The second-order valence-electron chi connectivity index (χ2n) is 4.55. The van der Waals surface area contributed by atoms with E-state index in [0.29, 0.717) is 0 Å². The first-order chi connectivity index (χ1) is 9.40. The minimum absolute atomic E-state index is 0.0914. The maximum absolute atomic E-state index is 10.5. The Balaban J connectivity index is 2.07. The Kier molecular flexibility index (Phi) is 4.19. The molecule has 110 valence electrons. The molecule has 8 heteroatoms. The number of hydrogen-bond acceptors (Lipinski definition) is 7. The molecule has 5 atom stereocenters. The minimum Gasteiger partial charge on any atom is -0.462 e. The number of non-ortho nitro benzene ring substituents is 1. The van der Waals surface area contributed by atoms with Crippen LogP contribution in [0.15, 0.2) is 24.3 Å². The molecule has 1 aromatic carbocycles. The van der Waals surface area contributed by atoms with E-state index in [9.17, 15) is 25.4 Å². The van der Waals surface area contributed by atoms with E-state index in [0.717, 1.165) is 0 Å². The van der Waals surface area contributed by atoms with Gasteiger partial charge in [0.25, 0.3) is 5.69 Å². The quantitative estimate of drug-likeness (QED) is 0.519. The zero-order chi connectivity index (χ0) is 14.9. The number of ether oxygens (including phenoxy) is 2. The molecule has 0 aliphatic carbocycles. The van der Waals surface area contributed by atoms with Gasteiger partial charge in [0.05, 0.1) is 11.0 Å². The smallest absolute Gasteiger partial charge is 0.269 e. The maximum Gasteiger partial charge on any atom is 0.269 e. The van der Waals surface area contributed by atoms with Crippen molar-refractivity contribution < 1.29 is 29.7 Å². The van der Waals surface area contributed by atoms with Crippen LogP contribution in [0, 0.1) is 10.1 Å². The summed E-state index contributed by atoms with van der Waals surface area (Å²) in [6.45, 7) is 1.53. The summed E-state index contributed by atoms with van der Waals surface area (Å²) in [4.78, 5) is 9.97. The van der Waals surface area contributed by atoms with Crippen molar-refractivity contribution in [3.05, 3.63) is 34.4 Å². The van der Waals surface area contributed by atoms with Gasteiger partial charge in [0.15, 0.2) is 0 Å². The molecule has 1 aliphatic heterocycles. The molecule has 1 heterocycles. The van der Waals surface area contributed by atoms with Crippen molar-refractivity contribution in [2.75, 3.05) is 0 Å². The Hall–Kier alpha value is -1.74. The highest BCUT2D eigenvalue weighted by Gasteiger charge is 2.43. The summed E-state index contributed by atoms with van der Waals surface area (Å²) in [6.07, 6.45) is -5.89. The summed E-state index contributed by atoms with van der Waals surface area (Å²) in [5.74, 6) is 0.246. The Bertz CT molecular complexity index is 477. The molecule has 0 aromatic heterocycles. The van der Waals surface area contributed by atoms with E-state index < -0.39 is 35.6 Å². The van der Waals surface area contributed by atoms with Crippen molar-refractivity contribution in [2.24, 2.45) is 0 Å². The van der Waals surface area contributed by atoms with E-state index in [4.69, 9.17) is 9.47 Å². The summed E-state index contributed by atoms with van der Waals surface area (Å²) >= 11 is 0. The molecular formula is C12H15NO7. The van der Waals surface area contributed by atoms with Crippen LogP contribution >= 0.6 is 0 Å². The van der Waals surface area contributed by atoms with Gasteiger partial charge in [-0.3, -0.25) is 10.1 Å². The van der Waals surface area contributed by atoms with Crippen LogP contribution in [0.5, 0.6) is 5.75 Å². The molecule has 0 unspecified atom stereocenters. The molecular weight excluding hydrogens is 270 g/mol. The van der Waals surface area contributed by atoms with Crippen LogP contribution in [0.2, 0.25) is 0 Å². The third-order valence-corrected chi connectivity index (χ3v) is 3.11. The summed E-state index contributed by atoms with van der Waals surface area (Å²) in [5, 5.41) is 39.4. The van der Waals surface area contributed by atoms with E-state index in [-0.39, 0.29) is 11.4 Å². The van der Waals surface area contributed by atoms with Gasteiger partial charge in [-0.15, -0.1) is 0 Å². The predicted molar refractivity (Wildman–Crippen MR) is 66.1 cm³/mol. The fourth-order valence-corrected chi connectivity index (χ4v) is 1.89. The van der Waals surface area contributed by atoms with Crippen molar-refractivity contribution in [3.8, 4) is 5.75 Å². The number of benzene rings is 1. The fourth-order valence-electron chi connectivity index (χ4n) is 1.89. The number of nitro benzene ring substituents is 1. The highest BCUT2D eigenvalue weighted by atomic mass is 16.7.